The summed E-state index contributed by atoms with van der Waals surface area (Å²) in [5, 5.41) is 7.60. The first-order valence-corrected chi connectivity index (χ1v) is 9.79. The van der Waals surface area contributed by atoms with Gasteiger partial charge in [-0.15, -0.1) is 0 Å². The van der Waals surface area contributed by atoms with Crippen LogP contribution in [0.5, 0.6) is 5.75 Å². The average Bonchev–Trinajstić information content (AvgIpc) is 2.85. The zero-order chi connectivity index (χ0) is 19.2. The highest BCUT2D eigenvalue weighted by molar-refractivity contribution is 5.95. The van der Waals surface area contributed by atoms with Crippen molar-refractivity contribution in [3.63, 3.8) is 0 Å². The van der Waals surface area contributed by atoms with Crippen LogP contribution in [0, 0.1) is 6.92 Å². The number of methoxy groups -OCH3 is 1. The highest BCUT2D eigenvalue weighted by Gasteiger charge is 2.20. The van der Waals surface area contributed by atoms with Crippen molar-refractivity contribution < 1.29 is 9.53 Å². The molecule has 3 rings (SSSR count). The number of ether oxygens (including phenoxy) is 1. The summed E-state index contributed by atoms with van der Waals surface area (Å²) in [5.41, 5.74) is 2.72. The van der Waals surface area contributed by atoms with E-state index in [0.717, 1.165) is 48.0 Å². The van der Waals surface area contributed by atoms with Crippen LogP contribution in [0.2, 0.25) is 0 Å². The molecule has 1 aromatic heterocycles. The second-order valence-corrected chi connectivity index (χ2v) is 7.19. The van der Waals surface area contributed by atoms with Crippen molar-refractivity contribution in [1.82, 2.24) is 14.7 Å². The van der Waals surface area contributed by atoms with E-state index in [1.54, 1.807) is 11.8 Å². The number of nitrogens with zero attached hydrogens (tertiary/aromatic N) is 3. The molecule has 146 valence electrons. The summed E-state index contributed by atoms with van der Waals surface area (Å²) >= 11 is 0. The van der Waals surface area contributed by atoms with Gasteiger partial charge >= 0.3 is 0 Å². The first-order valence-electron chi connectivity index (χ1n) is 9.79. The zero-order valence-corrected chi connectivity index (χ0v) is 16.6. The average molecular weight is 370 g/mol. The van der Waals surface area contributed by atoms with Gasteiger partial charge in [-0.05, 0) is 38.9 Å². The Balaban J connectivity index is 1.74. The lowest BCUT2D eigenvalue weighted by Gasteiger charge is -2.19. The number of aryl methyl sites for hydroxylation is 2. The van der Waals surface area contributed by atoms with Crippen LogP contribution in [0.3, 0.4) is 0 Å². The molecule has 6 heteroatoms. The summed E-state index contributed by atoms with van der Waals surface area (Å²) in [6.07, 6.45) is 5.58. The number of hydrogen-bond acceptors (Lipinski definition) is 4. The summed E-state index contributed by atoms with van der Waals surface area (Å²) in [6.45, 7) is 4.97. The van der Waals surface area contributed by atoms with E-state index in [4.69, 9.17) is 4.74 Å². The molecule has 2 heterocycles. The van der Waals surface area contributed by atoms with E-state index < -0.39 is 0 Å². The Hall–Kier alpha value is -2.34. The molecule has 27 heavy (non-hydrogen) atoms. The van der Waals surface area contributed by atoms with Gasteiger partial charge in [-0.1, -0.05) is 31.0 Å². The second kappa shape index (κ2) is 9.04. The molecule has 1 aliphatic rings. The Morgan fingerprint density at radius 2 is 1.89 bits per heavy atom. The van der Waals surface area contributed by atoms with Crippen molar-refractivity contribution in [2.24, 2.45) is 7.05 Å². The lowest BCUT2D eigenvalue weighted by Crippen LogP contribution is -2.29. The SMILES string of the molecule is COc1ccccc1-c1c(C)nn(C)c1NC(=O)CCN1CCCCCC1. The number of para-hydroxylation sites is 1. The Bertz CT molecular complexity index is 776. The number of amides is 1. The zero-order valence-electron chi connectivity index (χ0n) is 16.6. The van der Waals surface area contributed by atoms with Crippen LogP contribution in [-0.2, 0) is 11.8 Å². The highest BCUT2D eigenvalue weighted by atomic mass is 16.5. The van der Waals surface area contributed by atoms with E-state index in [1.807, 2.05) is 38.2 Å². The maximum atomic E-state index is 12.6. The molecule has 0 spiro atoms. The van der Waals surface area contributed by atoms with Crippen molar-refractivity contribution in [1.29, 1.82) is 0 Å². The standard InChI is InChI=1S/C21H30N4O2/c1-16-20(17-10-6-7-11-18(17)27-3)21(24(2)23-16)22-19(26)12-15-25-13-8-4-5-9-14-25/h6-7,10-11H,4-5,8-9,12-15H2,1-3H3,(H,22,26). The minimum Gasteiger partial charge on any atom is -0.496 e. The Labute approximate surface area is 161 Å². The predicted molar refractivity (Wildman–Crippen MR) is 108 cm³/mol. The van der Waals surface area contributed by atoms with Gasteiger partial charge in [0.2, 0.25) is 5.91 Å². The number of nitrogens with one attached hydrogen (secondary N) is 1. The highest BCUT2D eigenvalue weighted by Crippen LogP contribution is 2.37. The molecule has 1 N–H and O–H groups in total. The maximum Gasteiger partial charge on any atom is 0.226 e. The van der Waals surface area contributed by atoms with Gasteiger partial charge in [-0.2, -0.15) is 5.10 Å². The van der Waals surface area contributed by atoms with Crippen LogP contribution in [0.1, 0.15) is 37.8 Å². The summed E-state index contributed by atoms with van der Waals surface area (Å²) in [7, 11) is 3.51. The quantitative estimate of drug-likeness (QED) is 0.844. The van der Waals surface area contributed by atoms with Crippen molar-refractivity contribution >= 4 is 11.7 Å². The molecule has 1 saturated heterocycles. The van der Waals surface area contributed by atoms with E-state index >= 15 is 0 Å². The fourth-order valence-electron chi connectivity index (χ4n) is 3.79. The number of aromatic nitrogens is 2. The number of carbonyl (C=O) groups is 1. The lowest BCUT2D eigenvalue weighted by atomic mass is 10.0. The molecular weight excluding hydrogens is 340 g/mol. The van der Waals surface area contributed by atoms with Crippen molar-refractivity contribution in [3.8, 4) is 16.9 Å². The monoisotopic (exact) mass is 370 g/mol. The van der Waals surface area contributed by atoms with Crippen molar-refractivity contribution in [3.05, 3.63) is 30.0 Å². The molecule has 1 fully saturated rings. The molecule has 1 aromatic carbocycles. The van der Waals surface area contributed by atoms with Crippen LogP contribution < -0.4 is 10.1 Å². The second-order valence-electron chi connectivity index (χ2n) is 7.19. The molecule has 0 radical (unpaired) electrons. The third-order valence-electron chi connectivity index (χ3n) is 5.21. The van der Waals surface area contributed by atoms with Crippen LogP contribution in [0.25, 0.3) is 11.1 Å². The van der Waals surface area contributed by atoms with Crippen LogP contribution >= 0.6 is 0 Å². The molecule has 1 aliphatic heterocycles. The van der Waals surface area contributed by atoms with E-state index in [-0.39, 0.29) is 5.91 Å². The summed E-state index contributed by atoms with van der Waals surface area (Å²) in [4.78, 5) is 15.0. The minimum absolute atomic E-state index is 0.0263. The Kier molecular flexibility index (Phi) is 6.50. The molecule has 0 atom stereocenters. The number of anilines is 1. The van der Waals surface area contributed by atoms with Crippen molar-refractivity contribution in [2.75, 3.05) is 32.1 Å². The van der Waals surface area contributed by atoms with Crippen LogP contribution in [0.15, 0.2) is 24.3 Å². The molecule has 6 nitrogen and oxygen atoms in total. The predicted octanol–water partition coefficient (Wildman–Crippen LogP) is 3.61. The van der Waals surface area contributed by atoms with Gasteiger partial charge in [0.25, 0.3) is 0 Å². The van der Waals surface area contributed by atoms with Gasteiger partial charge in [0.05, 0.1) is 18.4 Å². The normalized spacial score (nSPS) is 15.4. The molecule has 0 aliphatic carbocycles. The van der Waals surface area contributed by atoms with Gasteiger partial charge < -0.3 is 15.0 Å². The van der Waals surface area contributed by atoms with Crippen LogP contribution in [-0.4, -0.2) is 47.3 Å². The fourth-order valence-corrected chi connectivity index (χ4v) is 3.79. The molecular formula is C21H30N4O2. The minimum atomic E-state index is 0.0263. The fraction of sp³-hybridized carbons (Fsp3) is 0.524. The van der Waals surface area contributed by atoms with Crippen molar-refractivity contribution in [2.45, 2.75) is 39.0 Å². The van der Waals surface area contributed by atoms with Crippen LogP contribution in [0.4, 0.5) is 5.82 Å². The maximum absolute atomic E-state index is 12.6. The van der Waals surface area contributed by atoms with E-state index in [1.165, 1.54) is 25.7 Å². The Morgan fingerprint density at radius 1 is 1.19 bits per heavy atom. The third kappa shape index (κ3) is 4.69. The summed E-state index contributed by atoms with van der Waals surface area (Å²) < 4.78 is 7.24. The molecule has 1 amide bonds. The smallest absolute Gasteiger partial charge is 0.226 e. The summed E-state index contributed by atoms with van der Waals surface area (Å²) in [6, 6.07) is 7.82. The largest absolute Gasteiger partial charge is 0.496 e. The first-order chi connectivity index (χ1) is 13.1. The van der Waals surface area contributed by atoms with Gasteiger partial charge in [-0.25, -0.2) is 0 Å². The molecule has 0 unspecified atom stereocenters. The number of carbonyl (C=O) groups excluding carboxylic acids is 1. The van der Waals surface area contributed by atoms with Gasteiger partial charge in [0, 0.05) is 25.6 Å². The molecule has 0 bridgehead atoms. The van der Waals surface area contributed by atoms with E-state index in [9.17, 15) is 4.79 Å². The number of rotatable bonds is 6. The van der Waals surface area contributed by atoms with Gasteiger partial charge in [-0.3, -0.25) is 9.48 Å². The summed E-state index contributed by atoms with van der Waals surface area (Å²) in [5.74, 6) is 1.52. The first kappa shape index (κ1) is 19.4. The van der Waals surface area contributed by atoms with E-state index in [2.05, 4.69) is 15.3 Å². The molecule has 0 saturated carbocycles. The van der Waals surface area contributed by atoms with Gasteiger partial charge in [0.15, 0.2) is 0 Å². The number of hydrogen-bond donors (Lipinski definition) is 1. The number of likely N-dealkylation sites (tertiary alicyclic amines) is 1. The lowest BCUT2D eigenvalue weighted by molar-refractivity contribution is -0.116. The Morgan fingerprint density at radius 3 is 2.59 bits per heavy atom. The number of benzene rings is 1. The van der Waals surface area contributed by atoms with E-state index in [0.29, 0.717) is 6.42 Å². The topological polar surface area (TPSA) is 59.4 Å². The van der Waals surface area contributed by atoms with Gasteiger partial charge in [0.1, 0.15) is 11.6 Å². The third-order valence-corrected chi connectivity index (χ3v) is 5.21. The molecule has 2 aromatic rings.